The first-order chi connectivity index (χ1) is 12.8. The lowest BCUT2D eigenvalue weighted by Crippen LogP contribution is -2.35. The van der Waals surface area contributed by atoms with E-state index < -0.39 is 0 Å². The molecule has 0 radical (unpaired) electrons. The molecule has 0 atom stereocenters. The highest BCUT2D eigenvalue weighted by Gasteiger charge is 2.21. The summed E-state index contributed by atoms with van der Waals surface area (Å²) in [5.41, 5.74) is 3.47. The number of benzene rings is 2. The van der Waals surface area contributed by atoms with Gasteiger partial charge in [-0.3, -0.25) is 9.69 Å². The van der Waals surface area contributed by atoms with Crippen LogP contribution in [0.1, 0.15) is 48.7 Å². The average molecular weight is 429 g/mol. The second-order valence-electron chi connectivity index (χ2n) is 8.38. The first-order valence-electron chi connectivity index (χ1n) is 9.69. The first kappa shape index (κ1) is 20.1. The number of carbonyl (C=O) groups is 1. The van der Waals surface area contributed by atoms with E-state index in [0.717, 1.165) is 49.2 Å². The van der Waals surface area contributed by atoms with Crippen molar-refractivity contribution in [3.8, 4) is 0 Å². The van der Waals surface area contributed by atoms with Gasteiger partial charge in [0.2, 0.25) is 0 Å². The molecule has 0 aromatic heterocycles. The van der Waals surface area contributed by atoms with Crippen molar-refractivity contribution < 1.29 is 4.79 Å². The van der Waals surface area contributed by atoms with Crippen molar-refractivity contribution >= 4 is 21.8 Å². The van der Waals surface area contributed by atoms with Crippen molar-refractivity contribution in [2.75, 3.05) is 26.2 Å². The second kappa shape index (κ2) is 8.57. The third-order valence-corrected chi connectivity index (χ3v) is 5.66. The number of halogens is 1. The zero-order valence-corrected chi connectivity index (χ0v) is 18.1. The molecule has 2 aromatic carbocycles. The summed E-state index contributed by atoms with van der Waals surface area (Å²) in [6.45, 7) is 11.1. The van der Waals surface area contributed by atoms with Crippen LogP contribution >= 0.6 is 15.9 Å². The van der Waals surface area contributed by atoms with Gasteiger partial charge in [0.25, 0.3) is 5.91 Å². The molecule has 2 aromatic rings. The fourth-order valence-corrected chi connectivity index (χ4v) is 3.97. The van der Waals surface area contributed by atoms with Gasteiger partial charge in [-0.15, -0.1) is 0 Å². The Morgan fingerprint density at radius 1 is 1.00 bits per heavy atom. The van der Waals surface area contributed by atoms with E-state index in [1.807, 2.05) is 17.0 Å². The van der Waals surface area contributed by atoms with Crippen molar-refractivity contribution in [3.05, 3.63) is 69.7 Å². The van der Waals surface area contributed by atoms with Crippen molar-refractivity contribution in [2.45, 2.75) is 39.2 Å². The van der Waals surface area contributed by atoms with E-state index in [2.05, 4.69) is 78.0 Å². The first-order valence-corrected chi connectivity index (χ1v) is 10.5. The van der Waals surface area contributed by atoms with E-state index in [0.29, 0.717) is 0 Å². The fraction of sp³-hybridized carbons (Fsp3) is 0.435. The standard InChI is InChI=1S/C23H29BrN2O/c1-23(2,3)20-10-8-19(9-11-20)22(27)26-13-5-12-25(14-15-26)17-18-6-4-7-21(24)16-18/h4,6-11,16H,5,12-15,17H2,1-3H3. The van der Waals surface area contributed by atoms with Gasteiger partial charge in [0.1, 0.15) is 0 Å². The van der Waals surface area contributed by atoms with Crippen molar-refractivity contribution in [1.82, 2.24) is 9.80 Å². The Morgan fingerprint density at radius 2 is 1.74 bits per heavy atom. The van der Waals surface area contributed by atoms with E-state index in [1.54, 1.807) is 0 Å². The summed E-state index contributed by atoms with van der Waals surface area (Å²) in [5.74, 6) is 0.153. The molecule has 1 aliphatic rings. The number of nitrogens with zero attached hydrogens (tertiary/aromatic N) is 2. The highest BCUT2D eigenvalue weighted by molar-refractivity contribution is 9.10. The van der Waals surface area contributed by atoms with Crippen LogP contribution in [0.5, 0.6) is 0 Å². The maximum atomic E-state index is 12.9. The lowest BCUT2D eigenvalue weighted by Gasteiger charge is -2.23. The number of hydrogen-bond donors (Lipinski definition) is 0. The summed E-state index contributed by atoms with van der Waals surface area (Å²) >= 11 is 3.54. The molecule has 1 amide bonds. The van der Waals surface area contributed by atoms with Gasteiger partial charge in [-0.25, -0.2) is 0 Å². The van der Waals surface area contributed by atoms with Crippen LogP contribution in [0, 0.1) is 0 Å². The zero-order valence-electron chi connectivity index (χ0n) is 16.5. The molecule has 1 aliphatic heterocycles. The van der Waals surface area contributed by atoms with Crippen molar-refractivity contribution in [1.29, 1.82) is 0 Å². The minimum absolute atomic E-state index is 0.108. The minimum atomic E-state index is 0.108. The molecule has 0 spiro atoms. The zero-order chi connectivity index (χ0) is 19.4. The Bertz CT molecular complexity index is 780. The Hall–Kier alpha value is -1.65. The van der Waals surface area contributed by atoms with Gasteiger partial charge in [-0.05, 0) is 47.2 Å². The average Bonchev–Trinajstić information content (AvgIpc) is 2.86. The molecule has 0 bridgehead atoms. The lowest BCUT2D eigenvalue weighted by atomic mass is 9.86. The predicted octanol–water partition coefficient (Wildman–Crippen LogP) is 5.09. The van der Waals surface area contributed by atoms with Gasteiger partial charge in [-0.2, -0.15) is 0 Å². The highest BCUT2D eigenvalue weighted by atomic mass is 79.9. The van der Waals surface area contributed by atoms with E-state index in [9.17, 15) is 4.79 Å². The van der Waals surface area contributed by atoms with E-state index >= 15 is 0 Å². The van der Waals surface area contributed by atoms with Gasteiger partial charge in [0.15, 0.2) is 0 Å². The van der Waals surface area contributed by atoms with E-state index in [4.69, 9.17) is 0 Å². The molecule has 3 nitrogen and oxygen atoms in total. The third-order valence-electron chi connectivity index (χ3n) is 5.17. The lowest BCUT2D eigenvalue weighted by molar-refractivity contribution is 0.0761. The molecule has 0 saturated carbocycles. The molecule has 0 unspecified atom stereocenters. The highest BCUT2D eigenvalue weighted by Crippen LogP contribution is 2.23. The summed E-state index contributed by atoms with van der Waals surface area (Å²) in [7, 11) is 0. The molecule has 144 valence electrons. The summed E-state index contributed by atoms with van der Waals surface area (Å²) in [6, 6.07) is 16.6. The molecule has 27 heavy (non-hydrogen) atoms. The van der Waals surface area contributed by atoms with Crippen LogP contribution in [0.3, 0.4) is 0 Å². The molecular weight excluding hydrogens is 400 g/mol. The minimum Gasteiger partial charge on any atom is -0.337 e. The Morgan fingerprint density at radius 3 is 2.41 bits per heavy atom. The van der Waals surface area contributed by atoms with Crippen LogP contribution in [0.15, 0.2) is 53.0 Å². The molecule has 0 N–H and O–H groups in total. The SMILES string of the molecule is CC(C)(C)c1ccc(C(=O)N2CCCN(Cc3cccc(Br)c3)CC2)cc1. The smallest absolute Gasteiger partial charge is 0.253 e. The normalized spacial score (nSPS) is 16.2. The van der Waals surface area contributed by atoms with Gasteiger partial charge < -0.3 is 4.90 Å². The summed E-state index contributed by atoms with van der Waals surface area (Å²) < 4.78 is 1.12. The van der Waals surface area contributed by atoms with Gasteiger partial charge >= 0.3 is 0 Å². The quantitative estimate of drug-likeness (QED) is 0.678. The van der Waals surface area contributed by atoms with E-state index in [-0.39, 0.29) is 11.3 Å². The monoisotopic (exact) mass is 428 g/mol. The molecular formula is C23H29BrN2O. The Labute approximate surface area is 171 Å². The Balaban J connectivity index is 1.61. The van der Waals surface area contributed by atoms with Crippen LogP contribution < -0.4 is 0 Å². The summed E-state index contributed by atoms with van der Waals surface area (Å²) in [6.07, 6.45) is 1.01. The molecule has 1 fully saturated rings. The number of rotatable bonds is 3. The number of hydrogen-bond acceptors (Lipinski definition) is 2. The van der Waals surface area contributed by atoms with Crippen LogP contribution in [0.4, 0.5) is 0 Å². The maximum absolute atomic E-state index is 12.9. The fourth-order valence-electron chi connectivity index (χ4n) is 3.52. The summed E-state index contributed by atoms with van der Waals surface area (Å²) in [5, 5.41) is 0. The van der Waals surface area contributed by atoms with Crippen LogP contribution in [-0.4, -0.2) is 41.9 Å². The molecule has 0 aliphatic carbocycles. The third kappa shape index (κ3) is 5.43. The van der Waals surface area contributed by atoms with Gasteiger partial charge in [0.05, 0.1) is 0 Å². The topological polar surface area (TPSA) is 23.6 Å². The van der Waals surface area contributed by atoms with Crippen LogP contribution in [-0.2, 0) is 12.0 Å². The summed E-state index contributed by atoms with van der Waals surface area (Å²) in [4.78, 5) is 17.4. The maximum Gasteiger partial charge on any atom is 0.253 e. The molecule has 3 rings (SSSR count). The van der Waals surface area contributed by atoms with Crippen molar-refractivity contribution in [2.24, 2.45) is 0 Å². The largest absolute Gasteiger partial charge is 0.337 e. The van der Waals surface area contributed by atoms with E-state index in [1.165, 1.54) is 11.1 Å². The van der Waals surface area contributed by atoms with Gasteiger partial charge in [-0.1, -0.05) is 61.0 Å². The number of carbonyl (C=O) groups excluding carboxylic acids is 1. The predicted molar refractivity (Wildman–Crippen MR) is 115 cm³/mol. The molecule has 1 heterocycles. The van der Waals surface area contributed by atoms with Gasteiger partial charge in [0, 0.05) is 42.8 Å². The number of amides is 1. The Kier molecular flexibility index (Phi) is 6.38. The second-order valence-corrected chi connectivity index (χ2v) is 9.29. The molecule has 1 saturated heterocycles. The van der Waals surface area contributed by atoms with Crippen molar-refractivity contribution in [3.63, 3.8) is 0 Å². The molecule has 4 heteroatoms. The van der Waals surface area contributed by atoms with Crippen LogP contribution in [0.25, 0.3) is 0 Å². The van der Waals surface area contributed by atoms with Crippen LogP contribution in [0.2, 0.25) is 0 Å².